The van der Waals surface area contributed by atoms with Crippen LogP contribution in [0.15, 0.2) is 42.6 Å². The van der Waals surface area contributed by atoms with Gasteiger partial charge in [0.1, 0.15) is 17.9 Å². The summed E-state index contributed by atoms with van der Waals surface area (Å²) in [4.78, 5) is 5.47. The summed E-state index contributed by atoms with van der Waals surface area (Å²) in [6.07, 6.45) is -4.92. The average Bonchev–Trinajstić information content (AvgIpc) is 3.34. The van der Waals surface area contributed by atoms with Crippen LogP contribution < -0.4 is 10.5 Å². The first kappa shape index (κ1) is 22.4. The van der Waals surface area contributed by atoms with E-state index in [1.165, 1.54) is 42.0 Å². The lowest BCUT2D eigenvalue weighted by Gasteiger charge is -2.29. The summed E-state index contributed by atoms with van der Waals surface area (Å²) in [6, 6.07) is 5.57. The smallest absolute Gasteiger partial charge is 0.408 e. The largest absolute Gasteiger partial charge is 0.494 e. The van der Waals surface area contributed by atoms with E-state index >= 15 is 0 Å². The lowest BCUT2D eigenvalue weighted by Crippen LogP contribution is -2.38. The molecular weight excluding hydrogens is 459 g/mol. The number of halogens is 5. The third-order valence-electron chi connectivity index (χ3n) is 5.93. The maximum atomic E-state index is 14.0. The van der Waals surface area contributed by atoms with E-state index in [2.05, 4.69) is 15.2 Å². The standard InChI is InChI=1S/C22H19F5N6O/c1-34-18-7-17-11(6-13(18)23)2-4-16(29-17)21-31-30-19-5-3-12(8-33(19)21)20(22(25,26)27)32-9-14(24)15(28)10-32/h2-8,14-15,20H,9-10,28H2,1H3/t14-,15+,20+/m0/s1. The van der Waals surface area contributed by atoms with Gasteiger partial charge >= 0.3 is 6.18 Å². The molecule has 34 heavy (non-hydrogen) atoms. The summed E-state index contributed by atoms with van der Waals surface area (Å²) in [5, 5.41) is 8.62. The van der Waals surface area contributed by atoms with E-state index in [0.717, 1.165) is 4.90 Å². The lowest BCUT2D eigenvalue weighted by molar-refractivity contribution is -0.184. The molecule has 5 rings (SSSR count). The summed E-state index contributed by atoms with van der Waals surface area (Å²) in [5.41, 5.74) is 6.56. The Morgan fingerprint density at radius 1 is 1.12 bits per heavy atom. The summed E-state index contributed by atoms with van der Waals surface area (Å²) < 4.78 is 76.4. The molecule has 2 N–H and O–H groups in total. The molecule has 0 saturated carbocycles. The van der Waals surface area contributed by atoms with Crippen LogP contribution in [0.5, 0.6) is 5.75 Å². The molecule has 12 heteroatoms. The van der Waals surface area contributed by atoms with Crippen molar-refractivity contribution < 1.29 is 26.7 Å². The average molecular weight is 478 g/mol. The second-order valence-corrected chi connectivity index (χ2v) is 8.17. The maximum absolute atomic E-state index is 14.0. The third kappa shape index (κ3) is 3.82. The normalized spacial score (nSPS) is 20.3. The number of benzene rings is 1. The quantitative estimate of drug-likeness (QED) is 0.451. The predicted octanol–water partition coefficient (Wildman–Crippen LogP) is 3.68. The molecule has 4 heterocycles. The Hall–Kier alpha value is -3.38. The molecule has 0 radical (unpaired) electrons. The highest BCUT2D eigenvalue weighted by molar-refractivity contribution is 5.82. The van der Waals surface area contributed by atoms with Gasteiger partial charge in [0.15, 0.2) is 23.0 Å². The SMILES string of the molecule is COc1cc2nc(-c3nnc4ccc([C@@H](N5C[C@@H](N)[C@@H](F)C5)C(F)(F)F)cn34)ccc2cc1F. The van der Waals surface area contributed by atoms with Crippen molar-refractivity contribution in [3.63, 3.8) is 0 Å². The molecule has 1 aliphatic heterocycles. The predicted molar refractivity (Wildman–Crippen MR) is 113 cm³/mol. The van der Waals surface area contributed by atoms with E-state index in [9.17, 15) is 22.0 Å². The van der Waals surface area contributed by atoms with Crippen LogP contribution in [0.3, 0.4) is 0 Å². The summed E-state index contributed by atoms with van der Waals surface area (Å²) >= 11 is 0. The number of pyridine rings is 2. The Bertz CT molecular complexity index is 1360. The van der Waals surface area contributed by atoms with Gasteiger partial charge in [-0.05, 0) is 23.8 Å². The molecular formula is C22H19F5N6O. The monoisotopic (exact) mass is 478 g/mol. The first-order valence-corrected chi connectivity index (χ1v) is 10.4. The van der Waals surface area contributed by atoms with Crippen molar-refractivity contribution in [2.45, 2.75) is 24.4 Å². The van der Waals surface area contributed by atoms with Gasteiger partial charge in [-0.15, -0.1) is 10.2 Å². The fraction of sp³-hybridized carbons (Fsp3) is 0.318. The van der Waals surface area contributed by atoms with Gasteiger partial charge in [-0.25, -0.2) is 13.8 Å². The first-order chi connectivity index (χ1) is 16.2. The minimum Gasteiger partial charge on any atom is -0.494 e. The van der Waals surface area contributed by atoms with Crippen LogP contribution in [0.1, 0.15) is 11.6 Å². The highest BCUT2D eigenvalue weighted by atomic mass is 19.4. The number of alkyl halides is 4. The highest BCUT2D eigenvalue weighted by Crippen LogP contribution is 2.40. The minimum absolute atomic E-state index is 0.00791. The zero-order valence-corrected chi connectivity index (χ0v) is 17.8. The van der Waals surface area contributed by atoms with Crippen molar-refractivity contribution in [3.05, 3.63) is 54.0 Å². The zero-order chi connectivity index (χ0) is 24.2. The number of nitrogens with two attached hydrogens (primary N) is 1. The molecule has 1 aliphatic rings. The lowest BCUT2D eigenvalue weighted by atomic mass is 10.1. The number of fused-ring (bicyclic) bond motifs is 2. The van der Waals surface area contributed by atoms with Crippen LogP contribution in [0.25, 0.3) is 28.1 Å². The second kappa shape index (κ2) is 8.13. The number of rotatable bonds is 4. The Labute approximate surface area is 190 Å². The van der Waals surface area contributed by atoms with Gasteiger partial charge in [-0.1, -0.05) is 12.1 Å². The molecule has 1 fully saturated rings. The first-order valence-electron chi connectivity index (χ1n) is 10.4. The van der Waals surface area contributed by atoms with Gasteiger partial charge in [-0.3, -0.25) is 9.30 Å². The topological polar surface area (TPSA) is 81.6 Å². The molecule has 0 amide bonds. The number of aromatic nitrogens is 4. The molecule has 3 aromatic heterocycles. The fourth-order valence-corrected chi connectivity index (χ4v) is 4.29. The molecule has 0 bridgehead atoms. The van der Waals surface area contributed by atoms with E-state index in [1.807, 2.05) is 0 Å². The fourth-order valence-electron chi connectivity index (χ4n) is 4.29. The van der Waals surface area contributed by atoms with Gasteiger partial charge in [0.25, 0.3) is 0 Å². The Kier molecular flexibility index (Phi) is 5.36. The van der Waals surface area contributed by atoms with Crippen molar-refractivity contribution in [1.29, 1.82) is 0 Å². The van der Waals surface area contributed by atoms with Gasteiger partial charge < -0.3 is 10.5 Å². The third-order valence-corrected chi connectivity index (χ3v) is 5.93. The molecule has 0 spiro atoms. The number of ether oxygens (including phenoxy) is 1. The molecule has 0 unspecified atom stereocenters. The Balaban J connectivity index is 1.60. The zero-order valence-electron chi connectivity index (χ0n) is 17.8. The van der Waals surface area contributed by atoms with Crippen molar-refractivity contribution in [3.8, 4) is 17.3 Å². The molecule has 0 aliphatic carbocycles. The maximum Gasteiger partial charge on any atom is 0.408 e. The summed E-state index contributed by atoms with van der Waals surface area (Å²) in [5.74, 6) is -0.338. The number of nitrogens with zero attached hydrogens (tertiary/aromatic N) is 5. The molecule has 1 saturated heterocycles. The van der Waals surface area contributed by atoms with Crippen LogP contribution in [-0.4, -0.2) is 63.1 Å². The van der Waals surface area contributed by atoms with Gasteiger partial charge in [-0.2, -0.15) is 13.2 Å². The Morgan fingerprint density at radius 3 is 2.59 bits per heavy atom. The van der Waals surface area contributed by atoms with E-state index in [0.29, 0.717) is 22.2 Å². The summed E-state index contributed by atoms with van der Waals surface area (Å²) in [6.45, 7) is -0.633. The van der Waals surface area contributed by atoms with Gasteiger partial charge in [0.05, 0.1) is 12.6 Å². The van der Waals surface area contributed by atoms with Crippen molar-refractivity contribution in [1.82, 2.24) is 24.5 Å². The van der Waals surface area contributed by atoms with E-state index in [-0.39, 0.29) is 23.7 Å². The van der Waals surface area contributed by atoms with Crippen LogP contribution in [-0.2, 0) is 0 Å². The van der Waals surface area contributed by atoms with E-state index < -0.39 is 36.8 Å². The molecule has 4 aromatic rings. The van der Waals surface area contributed by atoms with Gasteiger partial charge in [0, 0.05) is 36.8 Å². The molecule has 3 atom stereocenters. The minimum atomic E-state index is -4.66. The van der Waals surface area contributed by atoms with E-state index in [1.54, 1.807) is 12.1 Å². The van der Waals surface area contributed by atoms with Crippen molar-refractivity contribution in [2.24, 2.45) is 5.73 Å². The van der Waals surface area contributed by atoms with Gasteiger partial charge in [0.2, 0.25) is 0 Å². The van der Waals surface area contributed by atoms with Crippen LogP contribution >= 0.6 is 0 Å². The molecule has 7 nitrogen and oxygen atoms in total. The Morgan fingerprint density at radius 2 is 1.91 bits per heavy atom. The second-order valence-electron chi connectivity index (χ2n) is 8.17. The molecule has 1 aromatic carbocycles. The van der Waals surface area contributed by atoms with Crippen molar-refractivity contribution in [2.75, 3.05) is 20.2 Å². The molecule has 178 valence electrons. The number of likely N-dealkylation sites (tertiary alicyclic amines) is 1. The number of methoxy groups -OCH3 is 1. The van der Waals surface area contributed by atoms with Crippen LogP contribution in [0.4, 0.5) is 22.0 Å². The van der Waals surface area contributed by atoms with Crippen LogP contribution in [0, 0.1) is 5.82 Å². The number of hydrogen-bond acceptors (Lipinski definition) is 6. The van der Waals surface area contributed by atoms with Crippen molar-refractivity contribution >= 4 is 16.6 Å². The number of hydrogen-bond donors (Lipinski definition) is 1. The summed E-state index contributed by atoms with van der Waals surface area (Å²) in [7, 11) is 1.33. The highest BCUT2D eigenvalue weighted by Gasteiger charge is 2.48. The van der Waals surface area contributed by atoms with Crippen LogP contribution in [0.2, 0.25) is 0 Å². The van der Waals surface area contributed by atoms with E-state index in [4.69, 9.17) is 10.5 Å².